The highest BCUT2D eigenvalue weighted by atomic mass is 32.2. The van der Waals surface area contributed by atoms with Crippen LogP contribution in [0.4, 0.5) is 13.2 Å². The van der Waals surface area contributed by atoms with Gasteiger partial charge in [-0.15, -0.1) is 0 Å². The lowest BCUT2D eigenvalue weighted by atomic mass is 9.98. The third-order valence-corrected chi connectivity index (χ3v) is 5.69. The van der Waals surface area contributed by atoms with E-state index in [-0.39, 0.29) is 6.54 Å². The smallest absolute Gasteiger partial charge is 0.268 e. The summed E-state index contributed by atoms with van der Waals surface area (Å²) in [5.41, 5.74) is 1.31. The minimum absolute atomic E-state index is 0.0622. The highest BCUT2D eigenvalue weighted by Gasteiger charge is 2.31. The van der Waals surface area contributed by atoms with Crippen molar-refractivity contribution in [1.82, 2.24) is 14.5 Å². The molecule has 9 heteroatoms. The van der Waals surface area contributed by atoms with Gasteiger partial charge in [0.2, 0.25) is 10.0 Å². The maximum absolute atomic E-state index is 12.7. The van der Waals surface area contributed by atoms with E-state index in [4.69, 9.17) is 0 Å². The minimum atomic E-state index is -4.58. The van der Waals surface area contributed by atoms with E-state index in [9.17, 15) is 21.6 Å². The van der Waals surface area contributed by atoms with Crippen LogP contribution in [-0.4, -0.2) is 24.7 Å². The van der Waals surface area contributed by atoms with Gasteiger partial charge in [-0.3, -0.25) is 4.68 Å². The Kier molecular flexibility index (Phi) is 4.88. The zero-order chi connectivity index (χ0) is 18.1. The summed E-state index contributed by atoms with van der Waals surface area (Å²) in [5.74, 6) is 0. The number of hydrogen-bond acceptors (Lipinski definition) is 3. The van der Waals surface area contributed by atoms with Crippen molar-refractivity contribution >= 4 is 10.0 Å². The monoisotopic (exact) mass is 373 g/mol. The minimum Gasteiger partial charge on any atom is -0.268 e. The molecule has 5 nitrogen and oxygen atoms in total. The van der Waals surface area contributed by atoms with Gasteiger partial charge in [-0.1, -0.05) is 6.07 Å². The van der Waals surface area contributed by atoms with Gasteiger partial charge in [0.25, 0.3) is 0 Å². The topological polar surface area (TPSA) is 64.0 Å². The Balaban J connectivity index is 1.67. The summed E-state index contributed by atoms with van der Waals surface area (Å²) >= 11 is 0. The molecule has 136 valence electrons. The van der Waals surface area contributed by atoms with Gasteiger partial charge < -0.3 is 0 Å². The molecule has 2 aromatic rings. The van der Waals surface area contributed by atoms with Gasteiger partial charge >= 0.3 is 6.18 Å². The Hall–Kier alpha value is -1.87. The lowest BCUT2D eigenvalue weighted by Crippen LogP contribution is -2.28. The van der Waals surface area contributed by atoms with Crippen LogP contribution in [0.5, 0.6) is 0 Å². The van der Waals surface area contributed by atoms with E-state index in [1.165, 1.54) is 5.56 Å². The number of hydrogen-bond donors (Lipinski definition) is 1. The molecular weight excluding hydrogens is 355 g/mol. The molecule has 0 saturated carbocycles. The molecule has 1 heterocycles. The predicted octanol–water partition coefficient (Wildman–Crippen LogP) is 2.76. The molecule has 0 atom stereocenters. The number of rotatable bonds is 5. The van der Waals surface area contributed by atoms with E-state index in [1.807, 2.05) is 0 Å². The van der Waals surface area contributed by atoms with E-state index in [1.54, 1.807) is 10.9 Å². The molecule has 1 aromatic heterocycles. The van der Waals surface area contributed by atoms with Crippen molar-refractivity contribution in [3.63, 3.8) is 0 Å². The molecule has 25 heavy (non-hydrogen) atoms. The normalized spacial score (nSPS) is 15.2. The molecule has 1 aromatic carbocycles. The Morgan fingerprint density at radius 2 is 1.96 bits per heavy atom. The maximum Gasteiger partial charge on any atom is 0.416 e. The highest BCUT2D eigenvalue weighted by Crippen LogP contribution is 2.30. The Morgan fingerprint density at radius 3 is 2.72 bits per heavy atom. The Labute approximate surface area is 143 Å². The summed E-state index contributed by atoms with van der Waals surface area (Å²) in [6, 6.07) is 3.71. The van der Waals surface area contributed by atoms with Gasteiger partial charge in [0.15, 0.2) is 0 Å². The van der Waals surface area contributed by atoms with Crippen molar-refractivity contribution in [2.24, 2.45) is 0 Å². The fourth-order valence-corrected chi connectivity index (χ4v) is 4.02. The lowest BCUT2D eigenvalue weighted by molar-refractivity contribution is -0.137. The number of sulfonamides is 1. The van der Waals surface area contributed by atoms with Crippen LogP contribution in [0, 0.1) is 0 Å². The van der Waals surface area contributed by atoms with Crippen molar-refractivity contribution in [2.75, 3.05) is 6.54 Å². The summed E-state index contributed by atoms with van der Waals surface area (Å²) in [5, 5.41) is 4.27. The summed E-state index contributed by atoms with van der Waals surface area (Å²) in [7, 11) is -4.01. The summed E-state index contributed by atoms with van der Waals surface area (Å²) < 4.78 is 66.7. The number of alkyl halides is 3. The first kappa shape index (κ1) is 17.9. The average molecular weight is 373 g/mol. The second-order valence-electron chi connectivity index (χ2n) is 5.97. The molecule has 1 N–H and O–H groups in total. The first-order valence-corrected chi connectivity index (χ1v) is 9.46. The molecule has 0 spiro atoms. The van der Waals surface area contributed by atoms with Crippen molar-refractivity contribution in [2.45, 2.75) is 43.3 Å². The van der Waals surface area contributed by atoms with Crippen LogP contribution in [0.2, 0.25) is 0 Å². The highest BCUT2D eigenvalue weighted by molar-refractivity contribution is 7.89. The van der Waals surface area contributed by atoms with Crippen LogP contribution in [0.25, 0.3) is 0 Å². The van der Waals surface area contributed by atoms with E-state index in [2.05, 4.69) is 9.82 Å². The van der Waals surface area contributed by atoms with Crippen molar-refractivity contribution in [3.05, 3.63) is 47.3 Å². The van der Waals surface area contributed by atoms with Gasteiger partial charge in [0.05, 0.1) is 23.2 Å². The summed E-state index contributed by atoms with van der Waals surface area (Å²) in [6.45, 7) is 0.403. The second kappa shape index (κ2) is 6.80. The zero-order valence-electron chi connectivity index (χ0n) is 13.4. The molecule has 0 fully saturated rings. The third-order valence-electron chi connectivity index (χ3n) is 4.23. The fourth-order valence-electron chi connectivity index (χ4n) is 2.96. The van der Waals surface area contributed by atoms with Crippen LogP contribution in [-0.2, 0) is 35.6 Å². The average Bonchev–Trinajstić information content (AvgIpc) is 2.97. The number of aryl methyl sites for hydroxylation is 1. The molecule has 1 aliphatic rings. The molecule has 0 bridgehead atoms. The number of nitrogens with one attached hydrogen (secondary N) is 1. The molecular formula is C16H18F3N3O2S. The number of halogens is 3. The van der Waals surface area contributed by atoms with Gasteiger partial charge in [-0.25, -0.2) is 13.1 Å². The van der Waals surface area contributed by atoms with Crippen molar-refractivity contribution < 1.29 is 21.6 Å². The van der Waals surface area contributed by atoms with Gasteiger partial charge in [0.1, 0.15) is 0 Å². The fraction of sp³-hybridized carbons (Fsp3) is 0.438. The largest absolute Gasteiger partial charge is 0.416 e. The first-order chi connectivity index (χ1) is 11.8. The molecule has 0 aliphatic heterocycles. The number of benzene rings is 1. The zero-order valence-corrected chi connectivity index (χ0v) is 14.2. The number of aromatic nitrogens is 2. The SMILES string of the molecule is O=S(=O)(NCCn1ncc2c1CCCC2)c1cccc(C(F)(F)F)c1. The van der Waals surface area contributed by atoms with Crippen LogP contribution >= 0.6 is 0 Å². The number of fused-ring (bicyclic) bond motifs is 1. The second-order valence-corrected chi connectivity index (χ2v) is 7.74. The van der Waals surface area contributed by atoms with Crippen LogP contribution in [0.3, 0.4) is 0 Å². The molecule has 0 radical (unpaired) electrons. The van der Waals surface area contributed by atoms with Crippen LogP contribution in [0.15, 0.2) is 35.4 Å². The molecule has 0 amide bonds. The van der Waals surface area contributed by atoms with Gasteiger partial charge in [-0.05, 0) is 49.4 Å². The number of nitrogens with zero attached hydrogens (tertiary/aromatic N) is 2. The predicted molar refractivity (Wildman–Crippen MR) is 85.5 cm³/mol. The lowest BCUT2D eigenvalue weighted by Gasteiger charge is -2.14. The Bertz CT molecular complexity index is 860. The van der Waals surface area contributed by atoms with Crippen molar-refractivity contribution in [3.8, 4) is 0 Å². The third kappa shape index (κ3) is 4.04. The summed E-state index contributed by atoms with van der Waals surface area (Å²) in [6.07, 6.45) is 1.31. The van der Waals surface area contributed by atoms with Crippen LogP contribution in [0.1, 0.15) is 29.7 Å². The first-order valence-electron chi connectivity index (χ1n) is 7.98. The standard InChI is InChI=1S/C16H18F3N3O2S/c17-16(18,19)13-5-3-6-14(10-13)25(23,24)21-8-9-22-15-7-2-1-4-12(15)11-20-22/h3,5-6,10-11,21H,1-2,4,7-9H2. The van der Waals surface area contributed by atoms with E-state index < -0.39 is 26.7 Å². The molecule has 3 rings (SSSR count). The van der Waals surface area contributed by atoms with Gasteiger partial charge in [-0.2, -0.15) is 18.3 Å². The Morgan fingerprint density at radius 1 is 1.20 bits per heavy atom. The quantitative estimate of drug-likeness (QED) is 0.877. The molecule has 0 saturated heterocycles. The molecule has 0 unspecified atom stereocenters. The summed E-state index contributed by atoms with van der Waals surface area (Å²) in [4.78, 5) is -0.398. The van der Waals surface area contributed by atoms with Crippen LogP contribution < -0.4 is 4.72 Å². The van der Waals surface area contributed by atoms with E-state index in [0.717, 1.165) is 49.6 Å². The van der Waals surface area contributed by atoms with Crippen molar-refractivity contribution in [1.29, 1.82) is 0 Å². The van der Waals surface area contributed by atoms with Gasteiger partial charge in [0, 0.05) is 12.2 Å². The van der Waals surface area contributed by atoms with E-state index in [0.29, 0.717) is 12.6 Å². The van der Waals surface area contributed by atoms with E-state index >= 15 is 0 Å². The molecule has 1 aliphatic carbocycles. The maximum atomic E-state index is 12.7.